The van der Waals surface area contributed by atoms with Crippen molar-refractivity contribution in [2.75, 3.05) is 26.4 Å². The second-order valence-corrected chi connectivity index (χ2v) is 27.5. The van der Waals surface area contributed by atoms with Crippen LogP contribution < -0.4 is 67.5 Å². The van der Waals surface area contributed by atoms with Gasteiger partial charge in [-0.15, -0.1) is 0 Å². The summed E-state index contributed by atoms with van der Waals surface area (Å²) < 4.78 is 273. The molecule has 56 nitrogen and oxygen atoms in total. The van der Waals surface area contributed by atoms with Gasteiger partial charge in [0.1, 0.15) is 48.3 Å². The monoisotopic (exact) mass is 1870 g/mol. The Labute approximate surface area is 710 Å². The van der Waals surface area contributed by atoms with Gasteiger partial charge in [0.05, 0.1) is 55.1 Å². The van der Waals surface area contributed by atoms with Crippen LogP contribution in [0.2, 0.25) is 0 Å². The third-order valence-corrected chi connectivity index (χ3v) is 19.0. The number of rotatable bonds is 16. The fourth-order valence-corrected chi connectivity index (χ4v) is 12.3. The Bertz CT molecular complexity index is 6390. The van der Waals surface area contributed by atoms with Crippen molar-refractivity contribution >= 4 is 0 Å². The number of alkyl halides is 11. The average molecular weight is 1870 g/mol. The molecule has 0 spiro atoms. The van der Waals surface area contributed by atoms with E-state index < -0.39 is 335 Å². The summed E-state index contributed by atoms with van der Waals surface area (Å²) in [5.41, 5.74) is -9.86. The molecule has 6 aliphatic rings. The van der Waals surface area contributed by atoms with E-state index in [2.05, 4.69) is 54.3 Å². The van der Waals surface area contributed by atoms with Gasteiger partial charge in [-0.05, 0) is 56.7 Å². The summed E-state index contributed by atoms with van der Waals surface area (Å²) in [5, 5.41) is 147. The van der Waals surface area contributed by atoms with Crippen LogP contribution in [0.1, 0.15) is 88.4 Å². The topological polar surface area (TPSA) is 863 Å². The minimum Gasteiger partial charge on any atom is -0.393 e. The normalized spacial score (nSPS) is 35.5. The maximum atomic E-state index is 15.0. The highest BCUT2D eigenvalue weighted by atomic mass is 19.4. The lowest BCUT2D eigenvalue weighted by Crippen LogP contribution is -2.60. The SMILES string of the molecule is [2H]c1c([2H])n([C@@H]2O[C@@](CO)(N=[N+]=[N-])C(O)C2(F)F)c(=O)[nH]c1=O.[2H]c1c([2H])n([C@@H]2O[C@@](CO)(N=[N+]=[N-])C(O)[C@@]2(C)F)c(=O)[nH]c1=O.[2H]c1c([2H])n([C@@H]2O[C@@](CO)(N=[N+]=[N-])C(O)[C@]2(F)C(F)(F)F)c(=O)[nH]c1=O.[2H]c1c([2H])n([C@@H]2O[C@@](CO)(N=[N+]=[N-])C(O)[C@]2(O)C(F)(F)F)c(=O)[nH]c1=O.[2H]c1c([2H])n([C@@H]2O[C@H](C(C)O)C(O)[C@@]2(C)F)c(=O)[nH]c1=O.[2H]c1c([2H])n([C@@H]2O[C@H](C(C)O)C(O)[C@@]2(C)O)c(=O)[nH]c1=O. The fraction of sp³-hybridized carbons (Fsp3) is 0.607. The van der Waals surface area contributed by atoms with Crippen molar-refractivity contribution in [2.45, 2.75) is 202 Å². The molecule has 67 heteroatoms. The van der Waals surface area contributed by atoms with Crippen LogP contribution in [0.3, 0.4) is 0 Å². The molecule has 12 heterocycles. The highest BCUT2D eigenvalue weighted by molar-refractivity contribution is 5.16. The average Bonchev–Trinajstić information content (AvgIpc) is 1.51. The third kappa shape index (κ3) is 19.0. The molecule has 6 fully saturated rings. The van der Waals surface area contributed by atoms with Crippen LogP contribution in [0, 0.1) is 0 Å². The zero-order valence-corrected chi connectivity index (χ0v) is 63.9. The number of aromatic nitrogens is 12. The Hall–Kier alpha value is -12.2. The van der Waals surface area contributed by atoms with E-state index in [0.717, 1.165) is 13.8 Å². The lowest BCUT2D eigenvalue weighted by atomic mass is 9.90. The first-order valence-electron chi connectivity index (χ1n) is 40.3. The van der Waals surface area contributed by atoms with E-state index in [0.29, 0.717) is 9.13 Å². The van der Waals surface area contributed by atoms with Gasteiger partial charge in [-0.2, -0.15) is 35.1 Å². The molecular weight excluding hydrogens is 1790 g/mol. The van der Waals surface area contributed by atoms with Crippen LogP contribution >= 0.6 is 0 Å². The molecule has 0 aromatic carbocycles. The minimum atomic E-state index is -5.94. The Morgan fingerprint density at radius 2 is 0.672 bits per heavy atom. The van der Waals surface area contributed by atoms with E-state index in [9.17, 15) is 172 Å². The molecule has 704 valence electrons. The largest absolute Gasteiger partial charge is 0.429 e. The number of halogens is 11. The zero-order valence-electron chi connectivity index (χ0n) is 75.9. The number of aliphatic hydroxyl groups excluding tert-OH is 12. The second kappa shape index (κ2) is 38.0. The number of aliphatic hydroxyl groups is 14. The van der Waals surface area contributed by atoms with Crippen LogP contribution in [-0.4, -0.2) is 286 Å². The van der Waals surface area contributed by atoms with Gasteiger partial charge in [-0.25, -0.2) is 41.9 Å². The first-order chi connectivity index (χ1) is 64.1. The standard InChI is InChI=1S/C11H15FN2O5.C11H16N2O6.C10H9F4N5O5.C10H10F3N5O6.C10H12FN5O5.C9H9F2N5O5/c1-5(15)7-8(17)11(2,12)9(19-7)14-4-3-6(16)13-10(14)18;1-5(14)7-8(16)11(2,18)9(19-7)13-4-3-6(15)12-10(13)17;11-9(10(12,13)14)5(22)8(3-20,17-18-15)24-6(9)19-2-1-4(21)16-7(19)23;11-10(12,13)9(23)5(21)8(3-19,16-17-14)24-6(9)18-2-1-4(20)15-7(18)22;1-9(11)6(19)10(4-17,14-15-12)21-7(9)16-3-2-5(18)13-8(16)20;10-9(11)5(19)8(3-17,14-15-12)21-6(9)16-2-1-4(18)13-7(16)20/h3-5,7-9,15,17H,1-2H3,(H,13,16,18);3-5,7-9,14,16,18H,1-2H3,(H,12,15,17);1-2,5-6,20,22H,3H2,(H,16,21,23);1-2,5-6,19,21,23H,3H2,(H,15,20,22);2-3,6-7,17,19H,4H2,1H3,(H,13,18,20);1-2,5-6,17,19H,3H2,(H,13,18,20)/t2*5?,7-,8?,9-,11-;2*5?,6-,8-,9-;6?,7-,9-,10-;5?,6-,8-/m111111/s1/i2*3D,4D;2*1D,2D;2D,3D;1D,2D. The van der Waals surface area contributed by atoms with Crippen molar-refractivity contribution < 1.29 is 165 Å². The smallest absolute Gasteiger partial charge is 0.393 e. The van der Waals surface area contributed by atoms with E-state index in [4.69, 9.17) is 57.9 Å². The molecule has 0 amide bonds. The maximum Gasteiger partial charge on any atom is 0.429 e. The molecule has 0 radical (unpaired) electrons. The van der Waals surface area contributed by atoms with E-state index >= 15 is 0 Å². The number of azide groups is 4. The highest BCUT2D eigenvalue weighted by Crippen LogP contribution is 2.57. The molecule has 12 rings (SSSR count). The van der Waals surface area contributed by atoms with Crippen LogP contribution in [-0.2, 0) is 28.4 Å². The van der Waals surface area contributed by atoms with Gasteiger partial charge >= 0.3 is 52.4 Å². The molecule has 0 bridgehead atoms. The van der Waals surface area contributed by atoms with Crippen molar-refractivity contribution in [1.29, 1.82) is 0 Å². The second-order valence-electron chi connectivity index (χ2n) is 27.5. The maximum absolute atomic E-state index is 15.0. The van der Waals surface area contributed by atoms with Gasteiger partial charge in [0.15, 0.2) is 48.6 Å². The Balaban J connectivity index is 0.000000229. The Morgan fingerprint density at radius 1 is 0.406 bits per heavy atom. The third-order valence-electron chi connectivity index (χ3n) is 19.0. The van der Waals surface area contributed by atoms with E-state index in [1.165, 1.54) is 35.7 Å². The van der Waals surface area contributed by atoms with Crippen molar-refractivity contribution in [3.63, 3.8) is 0 Å². The van der Waals surface area contributed by atoms with Crippen LogP contribution in [0.4, 0.5) is 48.3 Å². The predicted molar refractivity (Wildman–Crippen MR) is 387 cm³/mol. The summed E-state index contributed by atoms with van der Waals surface area (Å²) in [6.07, 6.45) is -52.0. The number of hydrogen-bond acceptors (Lipinski definition) is 36. The number of nitrogens with one attached hydrogen (secondary N) is 6. The van der Waals surface area contributed by atoms with Crippen LogP contribution in [0.25, 0.3) is 41.8 Å². The molecule has 25 atom stereocenters. The summed E-state index contributed by atoms with van der Waals surface area (Å²) in [7, 11) is 0. The van der Waals surface area contributed by atoms with Gasteiger partial charge in [-0.1, -0.05) is 20.5 Å². The van der Waals surface area contributed by atoms with E-state index in [1.54, 1.807) is 9.97 Å². The molecule has 128 heavy (non-hydrogen) atoms. The molecular formula is C61H71F11N24O32. The lowest BCUT2D eigenvalue weighted by molar-refractivity contribution is -0.304. The summed E-state index contributed by atoms with van der Waals surface area (Å²) >= 11 is 0. The predicted octanol–water partition coefficient (Wildman–Crippen LogP) is -6.54. The van der Waals surface area contributed by atoms with Gasteiger partial charge in [-0.3, -0.25) is 86.1 Å². The minimum absolute atomic E-state index is 0.0861. The molecule has 6 aliphatic heterocycles. The number of hydrogen-bond donors (Lipinski definition) is 20. The Morgan fingerprint density at radius 3 is 0.984 bits per heavy atom. The van der Waals surface area contributed by atoms with Gasteiger partial charge < -0.3 is 99.9 Å². The van der Waals surface area contributed by atoms with E-state index in [-0.39, 0.29) is 18.3 Å². The first kappa shape index (κ1) is 85.2. The lowest BCUT2D eigenvalue weighted by Gasteiger charge is -2.33. The van der Waals surface area contributed by atoms with Gasteiger partial charge in [0, 0.05) is 92.9 Å². The molecule has 0 saturated carbocycles. The molecule has 6 aromatic rings. The molecule has 0 aliphatic carbocycles. The van der Waals surface area contributed by atoms with Gasteiger partial charge in [0.2, 0.25) is 34.7 Å². The molecule has 20 N–H and O–H groups in total. The summed E-state index contributed by atoms with van der Waals surface area (Å²) in [6.45, 7) is -0.0677. The highest BCUT2D eigenvalue weighted by Gasteiger charge is 2.78. The van der Waals surface area contributed by atoms with Crippen LogP contribution in [0.5, 0.6) is 0 Å². The number of nitrogens with zero attached hydrogens (tertiary/aromatic N) is 18. The number of aromatic amines is 6. The quantitative estimate of drug-likeness (QED) is 0.0185. The van der Waals surface area contributed by atoms with Crippen molar-refractivity contribution in [3.8, 4) is 0 Å². The van der Waals surface area contributed by atoms with Gasteiger partial charge in [0.25, 0.3) is 39.0 Å². The first-order valence-corrected chi connectivity index (χ1v) is 34.3. The number of H-pyrrole nitrogens is 6. The molecule has 8 unspecified atom stereocenters. The number of ether oxygens (including phenoxy) is 6. The van der Waals surface area contributed by atoms with Crippen molar-refractivity contribution in [1.82, 2.24) is 57.3 Å². The van der Waals surface area contributed by atoms with Crippen molar-refractivity contribution in [3.05, 3.63) is 240 Å². The van der Waals surface area contributed by atoms with Crippen LogP contribution in [0.15, 0.2) is 151 Å². The summed E-state index contributed by atoms with van der Waals surface area (Å²) in [5.74, 6) is -4.28. The Kier molecular flexibility index (Phi) is 25.3. The zero-order chi connectivity index (χ0) is 108. The summed E-state index contributed by atoms with van der Waals surface area (Å²) in [4.78, 5) is 157. The van der Waals surface area contributed by atoms with Crippen molar-refractivity contribution in [2.24, 2.45) is 20.5 Å². The fourth-order valence-electron chi connectivity index (χ4n) is 12.3. The molecule has 6 aromatic heterocycles. The van der Waals surface area contributed by atoms with E-state index in [1.807, 2.05) is 4.98 Å². The summed E-state index contributed by atoms with van der Waals surface area (Å²) in [6, 6.07) is -6.16. The molecule has 6 saturated heterocycles.